The van der Waals surface area contributed by atoms with Gasteiger partial charge in [0, 0.05) is 31.0 Å². The first kappa shape index (κ1) is 34.7. The van der Waals surface area contributed by atoms with Crippen LogP contribution >= 0.6 is 0 Å². The lowest BCUT2D eigenvalue weighted by atomic mass is 9.90. The van der Waals surface area contributed by atoms with Crippen molar-refractivity contribution >= 4 is 23.3 Å². The van der Waals surface area contributed by atoms with Gasteiger partial charge in [0.15, 0.2) is 5.78 Å². The van der Waals surface area contributed by atoms with E-state index in [0.717, 1.165) is 69.8 Å². The summed E-state index contributed by atoms with van der Waals surface area (Å²) in [5, 5.41) is 24.7. The minimum Gasteiger partial charge on any atom is -0.480 e. The molecule has 7 rings (SSSR count). The van der Waals surface area contributed by atoms with E-state index >= 15 is 0 Å². The molecule has 0 aliphatic heterocycles. The summed E-state index contributed by atoms with van der Waals surface area (Å²) in [6.07, 6.45) is 13.1. The number of pyridine rings is 2. The standard InChI is InChI=1S/C42H46N4O5/c1-24-29(17-40(48)37-18-35(28-15-16-28)31(21-43-37)22-45-39(23-47)42(50)51)5-3-6-32(24)33-7-4-8-36(25(33)2)46-41(49)38-19-34(27-13-14-27)30(20-44-38)12-11-26-9-10-26/h3-8,18-21,26-28,39,45,47H,9-17,22-23H2,1-2H3,(H,46,49)(H,50,51)/t39-/m1/s1. The number of carbonyl (C=O) groups excluding carboxylic acids is 2. The number of carbonyl (C=O) groups is 3. The van der Waals surface area contributed by atoms with Gasteiger partial charge >= 0.3 is 5.97 Å². The summed E-state index contributed by atoms with van der Waals surface area (Å²) in [4.78, 5) is 47.6. The predicted molar refractivity (Wildman–Crippen MR) is 196 cm³/mol. The van der Waals surface area contributed by atoms with Crippen molar-refractivity contribution in [3.8, 4) is 11.1 Å². The van der Waals surface area contributed by atoms with Crippen LogP contribution in [0.1, 0.15) is 117 Å². The van der Waals surface area contributed by atoms with Gasteiger partial charge in [0.25, 0.3) is 5.91 Å². The maximum atomic E-state index is 13.6. The smallest absolute Gasteiger partial charge is 0.323 e. The number of aryl methyl sites for hydroxylation is 1. The number of nitrogens with zero attached hydrogens (tertiary/aromatic N) is 2. The lowest BCUT2D eigenvalue weighted by Crippen LogP contribution is -2.39. The highest BCUT2D eigenvalue weighted by Crippen LogP contribution is 2.44. The molecule has 2 aromatic heterocycles. The number of anilines is 1. The average Bonchev–Trinajstić information content (AvgIpc) is 3.96. The SMILES string of the molecule is Cc1c(CC(=O)c2cc(C3CC3)c(CN[C@H](CO)C(=O)O)cn2)cccc1-c1cccc(NC(=O)c2cc(C3CC3)c(CCC3CC3)cn2)c1C. The van der Waals surface area contributed by atoms with Gasteiger partial charge in [-0.1, -0.05) is 43.2 Å². The van der Waals surface area contributed by atoms with Gasteiger partial charge in [-0.15, -0.1) is 0 Å². The van der Waals surface area contributed by atoms with Gasteiger partial charge in [0.05, 0.1) is 6.61 Å². The van der Waals surface area contributed by atoms with Crippen molar-refractivity contribution in [1.29, 1.82) is 0 Å². The normalized spacial score (nSPS) is 16.1. The molecule has 0 spiro atoms. The second kappa shape index (κ2) is 14.9. The van der Waals surface area contributed by atoms with E-state index in [4.69, 9.17) is 0 Å². The number of carboxylic acid groups (broad SMARTS) is 1. The van der Waals surface area contributed by atoms with Crippen LogP contribution in [0.4, 0.5) is 5.69 Å². The number of aliphatic hydroxyl groups excluding tert-OH is 1. The third-order valence-corrected chi connectivity index (χ3v) is 10.8. The molecule has 3 aliphatic rings. The third kappa shape index (κ3) is 8.10. The van der Waals surface area contributed by atoms with Crippen LogP contribution in [0.5, 0.6) is 0 Å². The van der Waals surface area contributed by atoms with Crippen LogP contribution in [-0.2, 0) is 24.2 Å². The van der Waals surface area contributed by atoms with Crippen LogP contribution in [0, 0.1) is 19.8 Å². The van der Waals surface area contributed by atoms with E-state index in [1.807, 2.05) is 68.6 Å². The third-order valence-electron chi connectivity index (χ3n) is 10.8. The van der Waals surface area contributed by atoms with Crippen molar-refractivity contribution in [3.05, 3.63) is 111 Å². The summed E-state index contributed by atoms with van der Waals surface area (Å²) < 4.78 is 0. The Labute approximate surface area is 298 Å². The van der Waals surface area contributed by atoms with E-state index in [-0.39, 0.29) is 24.7 Å². The van der Waals surface area contributed by atoms with E-state index in [0.29, 0.717) is 23.2 Å². The van der Waals surface area contributed by atoms with Crippen LogP contribution in [0.15, 0.2) is 60.9 Å². The average molecular weight is 687 g/mol. The van der Waals surface area contributed by atoms with Crippen LogP contribution < -0.4 is 10.6 Å². The number of nitrogens with one attached hydrogen (secondary N) is 2. The van der Waals surface area contributed by atoms with Gasteiger partial charge in [-0.3, -0.25) is 29.7 Å². The Kier molecular flexibility index (Phi) is 10.1. The Bertz CT molecular complexity index is 1980. The monoisotopic (exact) mass is 686 g/mol. The van der Waals surface area contributed by atoms with Crippen molar-refractivity contribution in [3.63, 3.8) is 0 Å². The Morgan fingerprint density at radius 3 is 2.10 bits per heavy atom. The summed E-state index contributed by atoms with van der Waals surface area (Å²) in [6.45, 7) is 3.76. The number of aromatic nitrogens is 2. The minimum atomic E-state index is -1.12. The van der Waals surface area contributed by atoms with Crippen molar-refractivity contribution < 1.29 is 24.6 Å². The second-order valence-electron chi connectivity index (χ2n) is 14.6. The molecule has 0 bridgehead atoms. The second-order valence-corrected chi connectivity index (χ2v) is 14.6. The van der Waals surface area contributed by atoms with E-state index in [9.17, 15) is 24.6 Å². The van der Waals surface area contributed by atoms with Crippen molar-refractivity contribution in [2.75, 3.05) is 11.9 Å². The van der Waals surface area contributed by atoms with Gasteiger partial charge in [0.2, 0.25) is 0 Å². The maximum Gasteiger partial charge on any atom is 0.323 e. The highest BCUT2D eigenvalue weighted by Gasteiger charge is 2.30. The first-order valence-electron chi connectivity index (χ1n) is 18.3. The molecular weight excluding hydrogens is 640 g/mol. The van der Waals surface area contributed by atoms with E-state index in [1.54, 1.807) is 6.20 Å². The van der Waals surface area contributed by atoms with Crippen molar-refractivity contribution in [2.45, 2.75) is 96.1 Å². The molecule has 1 atom stereocenters. The van der Waals surface area contributed by atoms with E-state index in [2.05, 4.69) is 20.6 Å². The number of aliphatic carboxylic acids is 1. The van der Waals surface area contributed by atoms with Gasteiger partial charge in [-0.2, -0.15) is 0 Å². The zero-order valence-corrected chi connectivity index (χ0v) is 29.4. The zero-order valence-electron chi connectivity index (χ0n) is 29.4. The van der Waals surface area contributed by atoms with Crippen molar-refractivity contribution in [2.24, 2.45) is 5.92 Å². The molecule has 9 nitrogen and oxygen atoms in total. The molecule has 1 amide bonds. The lowest BCUT2D eigenvalue weighted by molar-refractivity contribution is -0.140. The maximum absolute atomic E-state index is 13.6. The molecular formula is C42H46N4O5. The summed E-state index contributed by atoms with van der Waals surface area (Å²) in [6, 6.07) is 14.7. The molecule has 4 aromatic rings. The molecule has 0 radical (unpaired) electrons. The van der Waals surface area contributed by atoms with Gasteiger partial charge in [-0.05, 0) is 138 Å². The molecule has 3 fully saturated rings. The Morgan fingerprint density at radius 1 is 0.804 bits per heavy atom. The number of benzene rings is 2. The molecule has 51 heavy (non-hydrogen) atoms. The van der Waals surface area contributed by atoms with Crippen molar-refractivity contribution in [1.82, 2.24) is 15.3 Å². The number of carboxylic acids is 1. The van der Waals surface area contributed by atoms with Crippen LogP contribution in [0.2, 0.25) is 0 Å². The zero-order chi connectivity index (χ0) is 35.6. The number of hydrogen-bond donors (Lipinski definition) is 4. The molecule has 4 N–H and O–H groups in total. The highest BCUT2D eigenvalue weighted by atomic mass is 16.4. The largest absolute Gasteiger partial charge is 0.480 e. The Balaban J connectivity index is 1.06. The molecule has 264 valence electrons. The minimum absolute atomic E-state index is 0.0928. The highest BCUT2D eigenvalue weighted by molar-refractivity contribution is 6.04. The molecule has 3 aliphatic carbocycles. The first-order chi connectivity index (χ1) is 24.7. The quantitative estimate of drug-likeness (QED) is 0.0918. The van der Waals surface area contributed by atoms with Gasteiger partial charge in [-0.25, -0.2) is 0 Å². The fourth-order valence-corrected chi connectivity index (χ4v) is 7.09. The number of hydrogen-bond acceptors (Lipinski definition) is 7. The lowest BCUT2D eigenvalue weighted by Gasteiger charge is -2.17. The Morgan fingerprint density at radius 2 is 1.43 bits per heavy atom. The summed E-state index contributed by atoms with van der Waals surface area (Å²) in [7, 11) is 0. The topological polar surface area (TPSA) is 142 Å². The van der Waals surface area contributed by atoms with Gasteiger partial charge < -0.3 is 15.5 Å². The summed E-state index contributed by atoms with van der Waals surface area (Å²) >= 11 is 0. The predicted octanol–water partition coefficient (Wildman–Crippen LogP) is 7.07. The van der Waals surface area contributed by atoms with Crippen LogP contribution in [0.3, 0.4) is 0 Å². The number of aliphatic hydroxyl groups is 1. The fraction of sp³-hybridized carbons (Fsp3) is 0.405. The molecule has 0 saturated heterocycles. The van der Waals surface area contributed by atoms with Crippen LogP contribution in [-0.4, -0.2) is 50.5 Å². The number of ketones is 1. The molecule has 0 unspecified atom stereocenters. The molecule has 2 aromatic carbocycles. The summed E-state index contributed by atoms with van der Waals surface area (Å²) in [5.41, 5.74) is 10.8. The first-order valence-corrected chi connectivity index (χ1v) is 18.3. The van der Waals surface area contributed by atoms with Gasteiger partial charge in [0.1, 0.15) is 17.4 Å². The van der Waals surface area contributed by atoms with E-state index in [1.165, 1.54) is 43.2 Å². The number of rotatable bonds is 16. The Hall–Kier alpha value is -4.73. The van der Waals surface area contributed by atoms with E-state index < -0.39 is 18.6 Å². The molecule has 3 saturated carbocycles. The number of Topliss-reactive ketones (excluding diaryl/α,β-unsaturated/α-hetero) is 1. The number of amides is 1. The summed E-state index contributed by atoms with van der Waals surface area (Å²) in [5.74, 6) is 0.307. The fourth-order valence-electron chi connectivity index (χ4n) is 7.09. The molecule has 2 heterocycles. The molecule has 9 heteroatoms. The van der Waals surface area contributed by atoms with Crippen LogP contribution in [0.25, 0.3) is 11.1 Å².